The maximum Gasteiger partial charge on any atom is 0.416 e. The van der Waals surface area contributed by atoms with Crippen molar-refractivity contribution < 1.29 is 18.0 Å². The fourth-order valence-corrected chi connectivity index (χ4v) is 3.71. The Balaban J connectivity index is 0.00000240. The summed E-state index contributed by atoms with van der Waals surface area (Å²) in [5, 5.41) is 14.1. The Kier molecular flexibility index (Phi) is 6.19. The van der Waals surface area contributed by atoms with Gasteiger partial charge in [0.25, 0.3) is 5.91 Å². The molecule has 29 heavy (non-hydrogen) atoms. The van der Waals surface area contributed by atoms with Gasteiger partial charge in [-0.25, -0.2) is 4.68 Å². The summed E-state index contributed by atoms with van der Waals surface area (Å²) in [6.07, 6.45) is 0.635. The lowest BCUT2D eigenvalue weighted by Gasteiger charge is -2.22. The predicted octanol–water partition coefficient (Wildman–Crippen LogP) is 3.10. The van der Waals surface area contributed by atoms with Gasteiger partial charge >= 0.3 is 6.18 Å². The van der Waals surface area contributed by atoms with Crippen molar-refractivity contribution in [2.45, 2.75) is 43.3 Å². The zero-order chi connectivity index (χ0) is 19.8. The highest BCUT2D eigenvalue weighted by atomic mass is 35.5. The number of rotatable bonds is 5. The molecule has 0 radical (unpaired) electrons. The number of carbonyl (C=O) groups excluding carboxylic acids is 1. The molecule has 1 saturated carbocycles. The number of halogens is 4. The molecule has 1 aliphatic heterocycles. The minimum Gasteiger partial charge on any atom is -0.350 e. The van der Waals surface area contributed by atoms with Crippen molar-refractivity contribution in [1.82, 2.24) is 25.6 Å². The van der Waals surface area contributed by atoms with E-state index in [1.807, 2.05) is 0 Å². The number of nitrogens with one attached hydrogen (secondary N) is 2. The van der Waals surface area contributed by atoms with Gasteiger partial charge in [-0.05, 0) is 50.4 Å². The SMILES string of the molecule is Cl.O=C(NCC1(c2cccc(C(F)(F)F)c2)CC1)c1cn(C2CCNCC2)nn1. The van der Waals surface area contributed by atoms with Crippen LogP contribution in [-0.2, 0) is 11.6 Å². The number of benzene rings is 1. The Morgan fingerprint density at radius 3 is 2.66 bits per heavy atom. The van der Waals surface area contributed by atoms with Crippen molar-refractivity contribution in [1.29, 1.82) is 0 Å². The van der Waals surface area contributed by atoms with E-state index in [0.29, 0.717) is 5.56 Å². The fourth-order valence-electron chi connectivity index (χ4n) is 3.71. The Bertz CT molecular complexity index is 860. The summed E-state index contributed by atoms with van der Waals surface area (Å²) in [7, 11) is 0. The number of nitrogens with zero attached hydrogens (tertiary/aromatic N) is 3. The van der Waals surface area contributed by atoms with E-state index in [1.165, 1.54) is 12.1 Å². The van der Waals surface area contributed by atoms with Crippen LogP contribution < -0.4 is 10.6 Å². The monoisotopic (exact) mass is 429 g/mol. The number of aromatic nitrogens is 3. The van der Waals surface area contributed by atoms with Crippen molar-refractivity contribution in [3.05, 3.63) is 47.3 Å². The van der Waals surface area contributed by atoms with Crippen LogP contribution in [0.5, 0.6) is 0 Å². The van der Waals surface area contributed by atoms with Crippen molar-refractivity contribution in [3.63, 3.8) is 0 Å². The number of carbonyl (C=O) groups is 1. The van der Waals surface area contributed by atoms with E-state index >= 15 is 0 Å². The molecule has 0 atom stereocenters. The zero-order valence-corrected chi connectivity index (χ0v) is 16.5. The largest absolute Gasteiger partial charge is 0.416 e. The number of alkyl halides is 3. The lowest BCUT2D eigenvalue weighted by molar-refractivity contribution is -0.137. The van der Waals surface area contributed by atoms with Gasteiger partial charge in [-0.2, -0.15) is 13.2 Å². The molecule has 1 aromatic carbocycles. The number of hydrogen-bond acceptors (Lipinski definition) is 4. The number of hydrogen-bond donors (Lipinski definition) is 2. The molecule has 0 bridgehead atoms. The van der Waals surface area contributed by atoms with E-state index in [1.54, 1.807) is 16.9 Å². The molecule has 2 N–H and O–H groups in total. The summed E-state index contributed by atoms with van der Waals surface area (Å²) in [6.45, 7) is 2.10. The molecule has 2 aromatic rings. The third-order valence-corrected chi connectivity index (χ3v) is 5.67. The zero-order valence-electron chi connectivity index (χ0n) is 15.7. The fraction of sp³-hybridized carbons (Fsp3) is 0.526. The molecule has 2 fully saturated rings. The highest BCUT2D eigenvalue weighted by molar-refractivity contribution is 5.91. The van der Waals surface area contributed by atoms with Gasteiger partial charge in [0, 0.05) is 12.0 Å². The molecule has 2 aliphatic rings. The van der Waals surface area contributed by atoms with E-state index in [0.717, 1.165) is 44.8 Å². The van der Waals surface area contributed by atoms with Gasteiger partial charge in [0.05, 0.1) is 17.8 Å². The van der Waals surface area contributed by atoms with Gasteiger partial charge in [0.1, 0.15) is 0 Å². The van der Waals surface area contributed by atoms with Gasteiger partial charge in [0.2, 0.25) is 0 Å². The van der Waals surface area contributed by atoms with Crippen LogP contribution in [-0.4, -0.2) is 40.5 Å². The molecule has 1 saturated heterocycles. The highest BCUT2D eigenvalue weighted by Crippen LogP contribution is 2.48. The molecule has 10 heteroatoms. The maximum absolute atomic E-state index is 13.0. The third-order valence-electron chi connectivity index (χ3n) is 5.67. The van der Waals surface area contributed by atoms with Crippen molar-refractivity contribution >= 4 is 18.3 Å². The first-order valence-electron chi connectivity index (χ1n) is 9.46. The topological polar surface area (TPSA) is 71.8 Å². The maximum atomic E-state index is 13.0. The summed E-state index contributed by atoms with van der Waals surface area (Å²) < 4.78 is 40.7. The van der Waals surface area contributed by atoms with Crippen LogP contribution in [0.2, 0.25) is 0 Å². The molecule has 1 aromatic heterocycles. The molecule has 0 unspecified atom stereocenters. The van der Waals surface area contributed by atoms with Crippen LogP contribution in [0.3, 0.4) is 0 Å². The van der Waals surface area contributed by atoms with Crippen molar-refractivity contribution in [3.8, 4) is 0 Å². The number of amides is 1. The van der Waals surface area contributed by atoms with Crippen LogP contribution in [0.4, 0.5) is 13.2 Å². The summed E-state index contributed by atoms with van der Waals surface area (Å²) in [5.41, 5.74) is -0.242. The molecule has 1 aliphatic carbocycles. The second-order valence-corrected chi connectivity index (χ2v) is 7.61. The Labute approximate surface area is 172 Å². The molecular weight excluding hydrogens is 407 g/mol. The normalized spacial score (nSPS) is 18.7. The molecule has 158 valence electrons. The minimum atomic E-state index is -4.37. The molecule has 0 spiro atoms. The summed E-state index contributed by atoms with van der Waals surface area (Å²) in [5.74, 6) is -0.349. The molecule has 4 rings (SSSR count). The smallest absolute Gasteiger partial charge is 0.350 e. The molecular formula is C19H23ClF3N5O. The van der Waals surface area contributed by atoms with Gasteiger partial charge in [0.15, 0.2) is 5.69 Å². The Hall–Kier alpha value is -2.13. The molecule has 1 amide bonds. The van der Waals surface area contributed by atoms with E-state index in [9.17, 15) is 18.0 Å². The van der Waals surface area contributed by atoms with Crippen molar-refractivity contribution in [2.75, 3.05) is 19.6 Å². The summed E-state index contributed by atoms with van der Waals surface area (Å²) >= 11 is 0. The summed E-state index contributed by atoms with van der Waals surface area (Å²) in [4.78, 5) is 12.5. The second kappa shape index (κ2) is 8.31. The number of piperidine rings is 1. The quantitative estimate of drug-likeness (QED) is 0.766. The van der Waals surface area contributed by atoms with Gasteiger partial charge < -0.3 is 10.6 Å². The first-order chi connectivity index (χ1) is 13.4. The van der Waals surface area contributed by atoms with Gasteiger partial charge in [-0.3, -0.25) is 4.79 Å². The average molecular weight is 430 g/mol. The molecule has 2 heterocycles. The molecule has 6 nitrogen and oxygen atoms in total. The van der Waals surface area contributed by atoms with Gasteiger partial charge in [-0.15, -0.1) is 17.5 Å². The van der Waals surface area contributed by atoms with E-state index < -0.39 is 17.2 Å². The first kappa shape index (κ1) is 21.6. The Morgan fingerprint density at radius 2 is 2.00 bits per heavy atom. The summed E-state index contributed by atoms with van der Waals surface area (Å²) in [6, 6.07) is 5.60. The van der Waals surface area contributed by atoms with Crippen molar-refractivity contribution in [2.24, 2.45) is 0 Å². The second-order valence-electron chi connectivity index (χ2n) is 7.61. The van der Waals surface area contributed by atoms with Crippen LogP contribution in [0.15, 0.2) is 30.5 Å². The van der Waals surface area contributed by atoms with Crippen LogP contribution in [0.25, 0.3) is 0 Å². The van der Waals surface area contributed by atoms with E-state index in [2.05, 4.69) is 20.9 Å². The first-order valence-corrected chi connectivity index (χ1v) is 9.46. The standard InChI is InChI=1S/C19H22F3N5O.ClH/c20-19(21,22)14-3-1-2-13(10-14)18(6-7-18)12-24-17(28)16-11-27(26-25-16)15-4-8-23-9-5-15;/h1-3,10-11,15,23H,4-9,12H2,(H,24,28);1H. The highest BCUT2D eigenvalue weighted by Gasteiger charge is 2.45. The predicted molar refractivity (Wildman–Crippen MR) is 103 cm³/mol. The third kappa shape index (κ3) is 4.72. The minimum absolute atomic E-state index is 0. The van der Waals surface area contributed by atoms with Crippen LogP contribution in [0.1, 0.15) is 53.3 Å². The van der Waals surface area contributed by atoms with Crippen LogP contribution in [0, 0.1) is 0 Å². The van der Waals surface area contributed by atoms with Gasteiger partial charge in [-0.1, -0.05) is 23.4 Å². The lowest BCUT2D eigenvalue weighted by Crippen LogP contribution is -2.32. The lowest BCUT2D eigenvalue weighted by atomic mass is 9.94. The van der Waals surface area contributed by atoms with E-state index in [4.69, 9.17) is 0 Å². The van der Waals surface area contributed by atoms with E-state index in [-0.39, 0.29) is 36.6 Å². The van der Waals surface area contributed by atoms with Crippen LogP contribution >= 0.6 is 12.4 Å². The Morgan fingerprint density at radius 1 is 1.28 bits per heavy atom. The average Bonchev–Trinajstić information content (AvgIpc) is 3.33.